The Kier molecular flexibility index (Phi) is 5.92. The molecule has 0 unspecified atom stereocenters. The van der Waals surface area contributed by atoms with Crippen molar-refractivity contribution in [1.29, 1.82) is 0 Å². The normalized spacial score (nSPS) is 10.7. The highest BCUT2D eigenvalue weighted by Crippen LogP contribution is 2.24. The zero-order valence-electron chi connectivity index (χ0n) is 13.9. The average molecular weight is 341 g/mol. The van der Waals surface area contributed by atoms with Crippen LogP contribution in [0.2, 0.25) is 0 Å². The minimum Gasteiger partial charge on any atom is -0.496 e. The van der Waals surface area contributed by atoms with Crippen molar-refractivity contribution in [3.05, 3.63) is 64.7 Å². The number of aliphatic hydroxyl groups is 1. The number of hydrogen-bond donors (Lipinski definition) is 3. The summed E-state index contributed by atoms with van der Waals surface area (Å²) >= 11 is 0. The zero-order valence-corrected chi connectivity index (χ0v) is 13.9. The molecule has 0 aliphatic carbocycles. The van der Waals surface area contributed by atoms with E-state index in [1.807, 2.05) is 6.92 Å². The van der Waals surface area contributed by atoms with Gasteiger partial charge >= 0.3 is 5.97 Å². The van der Waals surface area contributed by atoms with Crippen molar-refractivity contribution in [3.8, 4) is 5.75 Å². The topological polar surface area (TPSA) is 95.9 Å². The SMILES string of the molecule is COc1cc(/C=C/C(=O)Nc2ccccc2C(=O)O)cc(CO)c1C. The van der Waals surface area contributed by atoms with Crippen LogP contribution in [0.1, 0.15) is 27.0 Å². The molecule has 2 aromatic carbocycles. The van der Waals surface area contributed by atoms with Crippen LogP contribution in [-0.4, -0.2) is 29.2 Å². The number of benzene rings is 2. The smallest absolute Gasteiger partial charge is 0.337 e. The van der Waals surface area contributed by atoms with Crippen molar-refractivity contribution in [2.45, 2.75) is 13.5 Å². The van der Waals surface area contributed by atoms with Gasteiger partial charge in [-0.1, -0.05) is 12.1 Å². The monoisotopic (exact) mass is 341 g/mol. The third kappa shape index (κ3) is 4.45. The van der Waals surface area contributed by atoms with E-state index in [2.05, 4.69) is 5.32 Å². The van der Waals surface area contributed by atoms with Crippen molar-refractivity contribution in [1.82, 2.24) is 0 Å². The Bertz CT molecular complexity index is 801. The Morgan fingerprint density at radius 1 is 1.24 bits per heavy atom. The summed E-state index contributed by atoms with van der Waals surface area (Å²) in [6, 6.07) is 9.68. The zero-order chi connectivity index (χ0) is 18.4. The molecule has 6 nitrogen and oxygen atoms in total. The molecular formula is C19H19NO5. The molecule has 0 atom stereocenters. The van der Waals surface area contributed by atoms with Gasteiger partial charge in [0.15, 0.2) is 0 Å². The molecule has 2 rings (SSSR count). The molecule has 0 heterocycles. The molecule has 0 fully saturated rings. The number of nitrogens with one attached hydrogen (secondary N) is 1. The Balaban J connectivity index is 2.20. The van der Waals surface area contributed by atoms with Gasteiger partial charge in [0.2, 0.25) is 5.91 Å². The lowest BCUT2D eigenvalue weighted by molar-refractivity contribution is -0.111. The van der Waals surface area contributed by atoms with Crippen LogP contribution in [-0.2, 0) is 11.4 Å². The minimum absolute atomic E-state index is 0.0174. The summed E-state index contributed by atoms with van der Waals surface area (Å²) in [4.78, 5) is 23.2. The number of anilines is 1. The number of hydrogen-bond acceptors (Lipinski definition) is 4. The number of rotatable bonds is 6. The fourth-order valence-corrected chi connectivity index (χ4v) is 2.37. The lowest BCUT2D eigenvalue weighted by Crippen LogP contribution is -2.11. The Morgan fingerprint density at radius 2 is 1.96 bits per heavy atom. The van der Waals surface area contributed by atoms with Gasteiger partial charge in [-0.15, -0.1) is 0 Å². The summed E-state index contributed by atoms with van der Waals surface area (Å²) in [5, 5.41) is 21.1. The fraction of sp³-hybridized carbons (Fsp3) is 0.158. The molecule has 0 spiro atoms. The molecule has 6 heteroatoms. The molecule has 130 valence electrons. The number of amides is 1. The second-order valence-corrected chi connectivity index (χ2v) is 5.34. The first-order chi connectivity index (χ1) is 12.0. The number of aromatic carboxylic acids is 1. The van der Waals surface area contributed by atoms with Crippen molar-refractivity contribution in [3.63, 3.8) is 0 Å². The van der Waals surface area contributed by atoms with Crippen molar-refractivity contribution in [2.75, 3.05) is 12.4 Å². The van der Waals surface area contributed by atoms with Crippen LogP contribution in [0.25, 0.3) is 6.08 Å². The number of carbonyl (C=O) groups is 2. The predicted octanol–water partition coefficient (Wildman–Crippen LogP) is 2.85. The van der Waals surface area contributed by atoms with Gasteiger partial charge in [0, 0.05) is 6.08 Å². The number of carboxylic acids is 1. The largest absolute Gasteiger partial charge is 0.496 e. The number of ether oxygens (including phenoxy) is 1. The molecule has 0 radical (unpaired) electrons. The first-order valence-corrected chi connectivity index (χ1v) is 7.56. The van der Waals surface area contributed by atoms with Crippen LogP contribution in [0.5, 0.6) is 5.75 Å². The van der Waals surface area contributed by atoms with Gasteiger partial charge in [0.25, 0.3) is 0 Å². The van der Waals surface area contributed by atoms with Gasteiger partial charge in [0.05, 0.1) is 25.0 Å². The van der Waals surface area contributed by atoms with Gasteiger partial charge in [-0.05, 0) is 54.0 Å². The van der Waals surface area contributed by atoms with Gasteiger partial charge in [0.1, 0.15) is 5.75 Å². The van der Waals surface area contributed by atoms with Crippen LogP contribution in [0.3, 0.4) is 0 Å². The summed E-state index contributed by atoms with van der Waals surface area (Å²) in [6.07, 6.45) is 2.86. The molecule has 3 N–H and O–H groups in total. The molecular weight excluding hydrogens is 322 g/mol. The second-order valence-electron chi connectivity index (χ2n) is 5.34. The maximum absolute atomic E-state index is 12.1. The van der Waals surface area contributed by atoms with Crippen LogP contribution in [0.15, 0.2) is 42.5 Å². The number of aliphatic hydroxyl groups excluding tert-OH is 1. The highest BCUT2D eigenvalue weighted by molar-refractivity contribution is 6.06. The van der Waals surface area contributed by atoms with E-state index in [9.17, 15) is 14.7 Å². The lowest BCUT2D eigenvalue weighted by atomic mass is 10.0. The molecule has 0 saturated carbocycles. The van der Waals surface area contributed by atoms with Gasteiger partial charge < -0.3 is 20.3 Å². The van der Waals surface area contributed by atoms with E-state index in [-0.39, 0.29) is 17.9 Å². The van der Waals surface area contributed by atoms with E-state index >= 15 is 0 Å². The standard InChI is InChI=1S/C19H19NO5/c1-12-14(11-21)9-13(10-17(12)25-2)7-8-18(22)20-16-6-4-3-5-15(16)19(23)24/h3-10,21H,11H2,1-2H3,(H,20,22)(H,23,24)/b8-7+. The van der Waals surface area contributed by atoms with Crippen LogP contribution in [0.4, 0.5) is 5.69 Å². The summed E-state index contributed by atoms with van der Waals surface area (Å²) in [6.45, 7) is 1.70. The molecule has 0 bridgehead atoms. The molecule has 2 aromatic rings. The van der Waals surface area contributed by atoms with Crippen LogP contribution >= 0.6 is 0 Å². The van der Waals surface area contributed by atoms with Crippen molar-refractivity contribution < 1.29 is 24.5 Å². The molecule has 0 aliphatic rings. The average Bonchev–Trinajstić information content (AvgIpc) is 2.61. The Hall–Kier alpha value is -3.12. The fourth-order valence-electron chi connectivity index (χ4n) is 2.37. The Morgan fingerprint density at radius 3 is 2.60 bits per heavy atom. The van der Waals surface area contributed by atoms with E-state index in [4.69, 9.17) is 9.84 Å². The number of methoxy groups -OCH3 is 1. The summed E-state index contributed by atoms with van der Waals surface area (Å²) < 4.78 is 5.26. The van der Waals surface area contributed by atoms with Crippen molar-refractivity contribution >= 4 is 23.6 Å². The first-order valence-electron chi connectivity index (χ1n) is 7.56. The third-order valence-corrected chi connectivity index (χ3v) is 3.72. The maximum Gasteiger partial charge on any atom is 0.337 e. The van der Waals surface area contributed by atoms with Gasteiger partial charge in [-0.2, -0.15) is 0 Å². The van der Waals surface area contributed by atoms with Gasteiger partial charge in [-0.25, -0.2) is 4.79 Å². The summed E-state index contributed by atoms with van der Waals surface area (Å²) in [5.41, 5.74) is 2.47. The minimum atomic E-state index is -1.12. The number of carboxylic acid groups (broad SMARTS) is 1. The number of carbonyl (C=O) groups excluding carboxylic acids is 1. The highest BCUT2D eigenvalue weighted by Gasteiger charge is 2.10. The number of para-hydroxylation sites is 1. The lowest BCUT2D eigenvalue weighted by Gasteiger charge is -2.10. The third-order valence-electron chi connectivity index (χ3n) is 3.72. The van der Waals surface area contributed by atoms with E-state index < -0.39 is 11.9 Å². The summed E-state index contributed by atoms with van der Waals surface area (Å²) in [7, 11) is 1.53. The molecule has 25 heavy (non-hydrogen) atoms. The van der Waals surface area contributed by atoms with E-state index in [1.165, 1.54) is 25.3 Å². The van der Waals surface area contributed by atoms with E-state index in [0.717, 1.165) is 5.56 Å². The van der Waals surface area contributed by atoms with Crippen molar-refractivity contribution in [2.24, 2.45) is 0 Å². The quantitative estimate of drug-likeness (QED) is 0.702. The van der Waals surface area contributed by atoms with Crippen LogP contribution in [0, 0.1) is 6.92 Å². The predicted molar refractivity (Wildman–Crippen MR) is 94.7 cm³/mol. The second kappa shape index (κ2) is 8.12. The van der Waals surface area contributed by atoms with E-state index in [0.29, 0.717) is 16.9 Å². The van der Waals surface area contributed by atoms with Gasteiger partial charge in [-0.3, -0.25) is 4.79 Å². The summed E-state index contributed by atoms with van der Waals surface area (Å²) in [5.74, 6) is -0.961. The molecule has 0 saturated heterocycles. The van der Waals surface area contributed by atoms with E-state index in [1.54, 1.807) is 30.3 Å². The van der Waals surface area contributed by atoms with Crippen LogP contribution < -0.4 is 10.1 Å². The Labute approximate surface area is 145 Å². The first kappa shape index (κ1) is 18.2. The molecule has 0 aliphatic heterocycles. The highest BCUT2D eigenvalue weighted by atomic mass is 16.5. The molecule has 0 aromatic heterocycles. The maximum atomic E-state index is 12.1. The molecule has 1 amide bonds.